The summed E-state index contributed by atoms with van der Waals surface area (Å²) in [6.07, 6.45) is 1.46. The van der Waals surface area contributed by atoms with Crippen LogP contribution in [0.3, 0.4) is 0 Å². The fourth-order valence-corrected chi connectivity index (χ4v) is 5.24. The number of carbonyl (C=O) groups excluding carboxylic acids is 4. The van der Waals surface area contributed by atoms with Gasteiger partial charge >= 0.3 is 0 Å². The first-order valence-electron chi connectivity index (χ1n) is 13.6. The Kier molecular flexibility index (Phi) is 10.3. The average Bonchev–Trinajstić information content (AvgIpc) is 3.42. The van der Waals surface area contributed by atoms with E-state index in [0.29, 0.717) is 27.5 Å². The molecule has 0 unspecified atom stereocenters. The van der Waals surface area contributed by atoms with Gasteiger partial charge in [-0.3, -0.25) is 19.2 Å². The highest BCUT2D eigenvalue weighted by Crippen LogP contribution is 2.27. The molecule has 0 radical (unpaired) electrons. The lowest BCUT2D eigenvalue weighted by molar-refractivity contribution is -0.117. The van der Waals surface area contributed by atoms with E-state index in [-0.39, 0.29) is 40.5 Å². The number of hydrazone groups is 1. The van der Waals surface area contributed by atoms with Gasteiger partial charge in [-0.2, -0.15) is 10.1 Å². The molecule has 9 nitrogen and oxygen atoms in total. The number of nitrogens with one attached hydrogen (secondary N) is 3. The number of carbonyl (C=O) groups is 4. The summed E-state index contributed by atoms with van der Waals surface area (Å²) < 4.78 is 0. The van der Waals surface area contributed by atoms with Gasteiger partial charge in [0.15, 0.2) is 0 Å². The number of halogens is 2. The van der Waals surface area contributed by atoms with Crippen LogP contribution in [0.25, 0.3) is 6.08 Å². The summed E-state index contributed by atoms with van der Waals surface area (Å²) in [6, 6.07) is 29.3. The maximum Gasteiger partial charge on any atom is 0.272 e. The molecule has 226 valence electrons. The summed E-state index contributed by atoms with van der Waals surface area (Å²) >= 11 is 13.8. The molecular weight excluding hydrogens is 633 g/mol. The largest absolute Gasteiger partial charge is 0.321 e. The molecule has 0 saturated carbocycles. The second-order valence-electron chi connectivity index (χ2n) is 9.60. The Labute approximate surface area is 273 Å². The first kappa shape index (κ1) is 31.5. The maximum absolute atomic E-state index is 13.3. The molecule has 3 N–H and O–H groups in total. The van der Waals surface area contributed by atoms with Gasteiger partial charge < -0.3 is 16.0 Å². The Balaban J connectivity index is 1.20. The first-order valence-corrected chi connectivity index (χ1v) is 15.3. The lowest BCUT2D eigenvalue weighted by atomic mass is 10.1. The van der Waals surface area contributed by atoms with Crippen LogP contribution in [0.15, 0.2) is 119 Å². The Bertz CT molecular complexity index is 1800. The quantitative estimate of drug-likeness (QED) is 0.143. The second-order valence-corrected chi connectivity index (χ2v) is 11.4. The van der Waals surface area contributed by atoms with Crippen LogP contribution in [0.2, 0.25) is 10.0 Å². The third-order valence-corrected chi connectivity index (χ3v) is 8.20. The fourth-order valence-electron chi connectivity index (χ4n) is 4.18. The summed E-state index contributed by atoms with van der Waals surface area (Å²) in [5.74, 6) is -1.21. The molecule has 5 rings (SSSR count). The van der Waals surface area contributed by atoms with Crippen molar-refractivity contribution in [3.8, 4) is 0 Å². The van der Waals surface area contributed by atoms with E-state index in [1.807, 2.05) is 6.07 Å². The molecule has 45 heavy (non-hydrogen) atoms. The predicted molar refractivity (Wildman–Crippen MR) is 178 cm³/mol. The van der Waals surface area contributed by atoms with Crippen molar-refractivity contribution in [1.29, 1.82) is 0 Å². The minimum absolute atomic E-state index is 0.00541. The van der Waals surface area contributed by atoms with Gasteiger partial charge in [-0.25, -0.2) is 0 Å². The van der Waals surface area contributed by atoms with Crippen LogP contribution in [0.5, 0.6) is 0 Å². The van der Waals surface area contributed by atoms with Gasteiger partial charge in [0.05, 0.1) is 27.9 Å². The topological polar surface area (TPSA) is 120 Å². The molecule has 0 aromatic heterocycles. The second kappa shape index (κ2) is 14.7. The molecule has 1 aliphatic heterocycles. The molecule has 4 aromatic carbocycles. The van der Waals surface area contributed by atoms with E-state index in [2.05, 4.69) is 21.1 Å². The number of para-hydroxylation sites is 1. The van der Waals surface area contributed by atoms with Crippen molar-refractivity contribution < 1.29 is 19.2 Å². The standard InChI is InChI=1S/C33H25Cl2N5O4S/c34-26-13-7-10-22(31(26)35)18-27(37-32(43)21-8-3-1-4-9-21)33(44)36-23-14-16-25(17-15-23)45-20-29(41)38-28-19-30(42)40(39-28)24-11-5-2-6-12-24/h1-18H,19-20H2,(H,36,44)(H,37,43)(H,38,39,41)/b27-18-. The van der Waals surface area contributed by atoms with Crippen molar-refractivity contribution >= 4 is 81.9 Å². The Morgan fingerprint density at radius 3 is 2.24 bits per heavy atom. The smallest absolute Gasteiger partial charge is 0.272 e. The molecule has 1 heterocycles. The summed E-state index contributed by atoms with van der Waals surface area (Å²) in [5.41, 5.74) is 1.88. The van der Waals surface area contributed by atoms with E-state index in [1.165, 1.54) is 22.8 Å². The van der Waals surface area contributed by atoms with Crippen LogP contribution >= 0.6 is 35.0 Å². The third-order valence-electron chi connectivity index (χ3n) is 6.35. The molecule has 0 saturated heterocycles. The van der Waals surface area contributed by atoms with Gasteiger partial charge in [0.2, 0.25) is 5.91 Å². The van der Waals surface area contributed by atoms with E-state index in [1.54, 1.807) is 97.1 Å². The average molecular weight is 659 g/mol. The zero-order chi connectivity index (χ0) is 31.8. The molecule has 1 aliphatic rings. The van der Waals surface area contributed by atoms with Crippen molar-refractivity contribution in [3.05, 3.63) is 130 Å². The van der Waals surface area contributed by atoms with Gasteiger partial charge in [-0.05, 0) is 66.2 Å². The Hall–Kier alpha value is -4.90. The molecule has 4 amide bonds. The van der Waals surface area contributed by atoms with Crippen molar-refractivity contribution in [2.45, 2.75) is 11.3 Å². The van der Waals surface area contributed by atoms with Gasteiger partial charge in [-0.1, -0.05) is 71.7 Å². The number of benzene rings is 4. The van der Waals surface area contributed by atoms with Gasteiger partial charge in [0, 0.05) is 16.1 Å². The van der Waals surface area contributed by atoms with E-state index in [0.717, 1.165) is 4.90 Å². The lowest BCUT2D eigenvalue weighted by Crippen LogP contribution is -2.31. The molecule has 4 aromatic rings. The highest BCUT2D eigenvalue weighted by Gasteiger charge is 2.26. The van der Waals surface area contributed by atoms with E-state index in [9.17, 15) is 19.2 Å². The van der Waals surface area contributed by atoms with Gasteiger partial charge in [-0.15, -0.1) is 11.8 Å². The highest BCUT2D eigenvalue weighted by molar-refractivity contribution is 8.00. The minimum atomic E-state index is -0.577. The SMILES string of the molecule is O=C(CSc1ccc(NC(=O)/C(=C/c2cccc(Cl)c2Cl)NC(=O)c2ccccc2)cc1)NC1=NN(c2ccccc2)C(=O)C1. The fraction of sp³-hybridized carbons (Fsp3) is 0.0606. The summed E-state index contributed by atoms with van der Waals surface area (Å²) in [7, 11) is 0. The molecule has 0 spiro atoms. The number of amidine groups is 1. The summed E-state index contributed by atoms with van der Waals surface area (Å²) in [4.78, 5) is 51.8. The van der Waals surface area contributed by atoms with E-state index >= 15 is 0 Å². The van der Waals surface area contributed by atoms with E-state index < -0.39 is 11.8 Å². The van der Waals surface area contributed by atoms with Crippen LogP contribution < -0.4 is 21.0 Å². The van der Waals surface area contributed by atoms with Crippen molar-refractivity contribution in [1.82, 2.24) is 10.6 Å². The molecular formula is C33H25Cl2N5O4S. The van der Waals surface area contributed by atoms with Gasteiger partial charge in [0.1, 0.15) is 11.5 Å². The summed E-state index contributed by atoms with van der Waals surface area (Å²) in [6.45, 7) is 0. The Morgan fingerprint density at radius 2 is 1.53 bits per heavy atom. The summed E-state index contributed by atoms with van der Waals surface area (Å²) in [5, 5.41) is 14.2. The number of hydrogen-bond donors (Lipinski definition) is 3. The minimum Gasteiger partial charge on any atom is -0.321 e. The van der Waals surface area contributed by atoms with Crippen molar-refractivity contribution in [3.63, 3.8) is 0 Å². The lowest BCUT2D eigenvalue weighted by Gasteiger charge is -2.12. The van der Waals surface area contributed by atoms with Gasteiger partial charge in [0.25, 0.3) is 17.7 Å². The molecule has 0 fully saturated rings. The predicted octanol–water partition coefficient (Wildman–Crippen LogP) is 6.36. The van der Waals surface area contributed by atoms with Crippen molar-refractivity contribution in [2.75, 3.05) is 16.1 Å². The number of nitrogens with zero attached hydrogens (tertiary/aromatic N) is 2. The Morgan fingerprint density at radius 1 is 0.844 bits per heavy atom. The zero-order valence-electron chi connectivity index (χ0n) is 23.5. The van der Waals surface area contributed by atoms with Crippen molar-refractivity contribution in [2.24, 2.45) is 5.10 Å². The van der Waals surface area contributed by atoms with Crippen LogP contribution in [-0.4, -0.2) is 35.2 Å². The third kappa shape index (κ3) is 8.39. The van der Waals surface area contributed by atoms with Crippen LogP contribution in [0, 0.1) is 0 Å². The maximum atomic E-state index is 13.3. The number of amides is 4. The normalized spacial score (nSPS) is 12.8. The molecule has 12 heteroatoms. The molecule has 0 bridgehead atoms. The molecule has 0 aliphatic carbocycles. The van der Waals surface area contributed by atoms with Crippen LogP contribution in [0.1, 0.15) is 22.3 Å². The number of hydrogen-bond acceptors (Lipinski definition) is 6. The van der Waals surface area contributed by atoms with Crippen LogP contribution in [-0.2, 0) is 14.4 Å². The number of rotatable bonds is 9. The number of anilines is 2. The molecule has 0 atom stereocenters. The number of thioether (sulfide) groups is 1. The van der Waals surface area contributed by atoms with Crippen LogP contribution in [0.4, 0.5) is 11.4 Å². The zero-order valence-corrected chi connectivity index (χ0v) is 25.8. The monoisotopic (exact) mass is 657 g/mol. The first-order chi connectivity index (χ1) is 21.8. The highest BCUT2D eigenvalue weighted by atomic mass is 35.5. The van der Waals surface area contributed by atoms with E-state index in [4.69, 9.17) is 23.2 Å².